The van der Waals surface area contributed by atoms with Gasteiger partial charge in [-0.3, -0.25) is 9.59 Å². The number of hydrogen-bond acceptors (Lipinski definition) is 11. The first-order chi connectivity index (χ1) is 31.3. The van der Waals surface area contributed by atoms with Crippen molar-refractivity contribution in [3.05, 3.63) is 63.5 Å². The number of nitrogens with one attached hydrogen (secondary N) is 1. The summed E-state index contributed by atoms with van der Waals surface area (Å²) < 4.78 is 12.0. The summed E-state index contributed by atoms with van der Waals surface area (Å²) >= 11 is 0. The Morgan fingerprint density at radius 1 is 0.833 bits per heavy atom. The van der Waals surface area contributed by atoms with Crippen LogP contribution in [0.1, 0.15) is 162 Å². The molecule has 2 amide bonds. The maximum atomic E-state index is 14.2. The van der Waals surface area contributed by atoms with E-state index in [9.17, 15) is 39.6 Å². The normalized spacial score (nSPS) is 26.8. The number of ether oxygens (including phenoxy) is 1. The van der Waals surface area contributed by atoms with Gasteiger partial charge in [0.15, 0.2) is 5.78 Å². The molecule has 13 nitrogen and oxygen atoms in total. The lowest BCUT2D eigenvalue weighted by Crippen LogP contribution is -2.74. The van der Waals surface area contributed by atoms with E-state index in [0.29, 0.717) is 41.7 Å². The number of carbonyl (C=O) groups is 3. The Bertz CT molecular complexity index is 2110. The van der Waals surface area contributed by atoms with Crippen molar-refractivity contribution >= 4 is 34.4 Å². The monoisotopic (exact) mass is 920 g/mol. The smallest absolute Gasteiger partial charge is 0.410 e. The number of Topliss-reactive ketones (excluding diaryl/α,β-unsaturated/α-hetero) is 1. The van der Waals surface area contributed by atoms with Crippen LogP contribution in [-0.4, -0.2) is 105 Å². The number of rotatable bonds is 24. The fourth-order valence-corrected chi connectivity index (χ4v) is 11.1. The van der Waals surface area contributed by atoms with E-state index >= 15 is 0 Å². The van der Waals surface area contributed by atoms with Crippen LogP contribution in [-0.2, 0) is 9.53 Å². The van der Waals surface area contributed by atoms with E-state index in [4.69, 9.17) is 9.15 Å². The van der Waals surface area contributed by atoms with Gasteiger partial charge in [0.05, 0.1) is 18.3 Å². The Labute approximate surface area is 393 Å². The molecule has 1 fully saturated rings. The third kappa shape index (κ3) is 11.0. The second-order valence-electron chi connectivity index (χ2n) is 20.2. The van der Waals surface area contributed by atoms with Crippen LogP contribution in [0.15, 0.2) is 56.8 Å². The first-order valence-electron chi connectivity index (χ1n) is 25.1. The van der Waals surface area contributed by atoms with E-state index in [0.717, 1.165) is 109 Å². The average molecular weight is 920 g/mol. The fraction of sp³-hybridized carbons (Fsp3) is 0.698. The van der Waals surface area contributed by atoms with Crippen LogP contribution in [0.2, 0.25) is 0 Å². The van der Waals surface area contributed by atoms with Crippen LogP contribution < -0.4 is 15.8 Å². The standard InChI is InChI=1S/C53H81N3O10/c1-9-12-13-23-28-56(49(62)66-51(8)46(59)37(5)53(64)43(50(51,6)7)31-38(35-57)34-52(63)44(53)30-36(4)45(52)58)29-24-21-19-17-15-14-16-18-20-22-27-54-47(60)41-32-39-25-26-40(55(10-2)11-3)33-42(39)65-48(41)61/h25-26,30-33,37,43-44,46,57,59,63-64H,9-24,27-29,34-35H2,1-8H3,(H,54,60)/t37-,43+,44-,46-,51-,52-,53-/m1/s1. The molecule has 0 saturated heterocycles. The molecule has 5 N–H and O–H groups in total. The van der Waals surface area contributed by atoms with Gasteiger partial charge < -0.3 is 44.7 Å². The molecule has 7 atom stereocenters. The van der Waals surface area contributed by atoms with Crippen LogP contribution in [0, 0.1) is 23.2 Å². The first kappa shape index (κ1) is 52.9. The van der Waals surface area contributed by atoms with Crippen molar-refractivity contribution in [2.24, 2.45) is 23.2 Å². The summed E-state index contributed by atoms with van der Waals surface area (Å²) in [7, 11) is 0. The van der Waals surface area contributed by atoms with Crippen molar-refractivity contribution in [2.45, 2.75) is 175 Å². The molecule has 3 aliphatic carbocycles. The van der Waals surface area contributed by atoms with Crippen molar-refractivity contribution in [3.8, 4) is 0 Å². The molecule has 0 spiro atoms. The van der Waals surface area contributed by atoms with Crippen LogP contribution in [0.4, 0.5) is 10.5 Å². The van der Waals surface area contributed by atoms with Crippen molar-refractivity contribution in [2.75, 3.05) is 44.2 Å². The molecule has 1 aromatic carbocycles. The largest absolute Gasteiger partial charge is 0.440 e. The van der Waals surface area contributed by atoms with Gasteiger partial charge in [0, 0.05) is 79.5 Å². The Kier molecular flexibility index (Phi) is 18.3. The number of amides is 2. The summed E-state index contributed by atoms with van der Waals surface area (Å²) in [6.45, 7) is 17.8. The number of benzene rings is 1. The number of nitrogens with zero attached hydrogens (tertiary/aromatic N) is 2. The molecule has 368 valence electrons. The number of anilines is 1. The Morgan fingerprint density at radius 2 is 1.42 bits per heavy atom. The van der Waals surface area contributed by atoms with E-state index in [1.807, 2.05) is 32.0 Å². The minimum atomic E-state index is -1.96. The number of aliphatic hydroxyl groups is 4. The van der Waals surface area contributed by atoms with E-state index in [-0.39, 0.29) is 12.0 Å². The lowest BCUT2D eigenvalue weighted by atomic mass is 9.47. The van der Waals surface area contributed by atoms with Gasteiger partial charge in [0.2, 0.25) is 0 Å². The zero-order valence-electron chi connectivity index (χ0n) is 41.3. The van der Waals surface area contributed by atoms with Gasteiger partial charge >= 0.3 is 11.7 Å². The number of fused-ring (bicyclic) bond motifs is 4. The van der Waals surface area contributed by atoms with Crippen LogP contribution >= 0.6 is 0 Å². The van der Waals surface area contributed by atoms with Gasteiger partial charge in [-0.2, -0.15) is 0 Å². The topological polar surface area (TPSA) is 190 Å². The van der Waals surface area contributed by atoms with Crippen LogP contribution in [0.5, 0.6) is 0 Å². The highest BCUT2D eigenvalue weighted by atomic mass is 16.6. The number of ketones is 1. The summed E-state index contributed by atoms with van der Waals surface area (Å²) in [6, 6.07) is 7.32. The van der Waals surface area contributed by atoms with Crippen molar-refractivity contribution < 1.29 is 44.0 Å². The molecule has 1 saturated carbocycles. The number of unbranched alkanes of at least 4 members (excludes halogenated alkanes) is 12. The summed E-state index contributed by atoms with van der Waals surface area (Å²) in [5, 5.41) is 50.7. The molecule has 1 aromatic heterocycles. The second-order valence-corrected chi connectivity index (χ2v) is 20.2. The number of hydrogen-bond donors (Lipinski definition) is 5. The second kappa shape index (κ2) is 22.8. The van der Waals surface area contributed by atoms with Crippen molar-refractivity contribution in [3.63, 3.8) is 0 Å². The summed E-state index contributed by atoms with van der Waals surface area (Å²) in [5.41, 5.74) is -4.73. The Morgan fingerprint density at radius 3 is 2.02 bits per heavy atom. The van der Waals surface area contributed by atoms with E-state index in [1.165, 1.54) is 0 Å². The molecule has 2 aromatic rings. The highest BCUT2D eigenvalue weighted by molar-refractivity contribution is 6.05. The van der Waals surface area contributed by atoms with Gasteiger partial charge in [-0.15, -0.1) is 0 Å². The third-order valence-corrected chi connectivity index (χ3v) is 15.7. The third-order valence-electron chi connectivity index (χ3n) is 15.7. The SMILES string of the molecule is CCCCCCN(CCCCCCCCCCCCNC(=O)c1cc2ccc(N(CC)CC)cc2oc1=O)C(=O)O[C@]1(C)[C@H](O)[C@@H](C)[C@@]2(O)[C@@H](C=C(CO)C[C@]3(O)C(=O)C(C)=C[C@@H]23)C1(C)C. The van der Waals surface area contributed by atoms with Crippen molar-refractivity contribution in [1.29, 1.82) is 0 Å². The highest BCUT2D eigenvalue weighted by Crippen LogP contribution is 2.63. The van der Waals surface area contributed by atoms with E-state index in [2.05, 4.69) is 31.0 Å². The highest BCUT2D eigenvalue weighted by Gasteiger charge is 2.73. The number of aliphatic hydroxyl groups excluding tert-OH is 2. The molecule has 66 heavy (non-hydrogen) atoms. The predicted molar refractivity (Wildman–Crippen MR) is 260 cm³/mol. The predicted octanol–water partition coefficient (Wildman–Crippen LogP) is 8.63. The summed E-state index contributed by atoms with van der Waals surface area (Å²) in [6.07, 6.45) is 15.5. The van der Waals surface area contributed by atoms with Crippen molar-refractivity contribution in [1.82, 2.24) is 10.2 Å². The van der Waals surface area contributed by atoms with E-state index < -0.39 is 76.1 Å². The van der Waals surface area contributed by atoms with E-state index in [1.54, 1.807) is 43.9 Å². The van der Waals surface area contributed by atoms with Gasteiger partial charge in [-0.05, 0) is 76.3 Å². The van der Waals surface area contributed by atoms with Crippen LogP contribution in [0.3, 0.4) is 0 Å². The molecule has 13 heteroatoms. The lowest BCUT2D eigenvalue weighted by molar-refractivity contribution is -0.280. The zero-order valence-corrected chi connectivity index (χ0v) is 41.3. The van der Waals surface area contributed by atoms with Gasteiger partial charge in [0.1, 0.15) is 22.3 Å². The molecule has 0 aliphatic heterocycles. The lowest BCUT2D eigenvalue weighted by Gasteiger charge is -2.63. The minimum absolute atomic E-state index is 0.0221. The Balaban J connectivity index is 1.06. The zero-order chi connectivity index (χ0) is 48.5. The van der Waals surface area contributed by atoms with Gasteiger partial charge in [0.25, 0.3) is 5.91 Å². The molecule has 0 radical (unpaired) electrons. The molecule has 3 aliphatic rings. The average Bonchev–Trinajstić information content (AvgIpc) is 3.45. The molecular weight excluding hydrogens is 839 g/mol. The fourth-order valence-electron chi connectivity index (χ4n) is 11.1. The number of carbonyl (C=O) groups excluding carboxylic acids is 3. The molecule has 5 rings (SSSR count). The van der Waals surface area contributed by atoms with Gasteiger partial charge in [-0.1, -0.05) is 110 Å². The first-order valence-corrected chi connectivity index (χ1v) is 25.1. The minimum Gasteiger partial charge on any atom is -0.440 e. The quantitative estimate of drug-likeness (QED) is 0.0385. The Hall–Kier alpha value is -4.04. The molecule has 0 unspecified atom stereocenters. The van der Waals surface area contributed by atoms with Crippen LogP contribution in [0.25, 0.3) is 11.0 Å². The summed E-state index contributed by atoms with van der Waals surface area (Å²) in [4.78, 5) is 57.0. The maximum Gasteiger partial charge on any atom is 0.410 e. The molecule has 1 heterocycles. The maximum absolute atomic E-state index is 14.2. The summed E-state index contributed by atoms with van der Waals surface area (Å²) in [5.74, 6) is -3.64. The molecular formula is C53H81N3O10. The van der Waals surface area contributed by atoms with Gasteiger partial charge in [-0.25, -0.2) is 9.59 Å². The molecule has 0 bridgehead atoms.